The van der Waals surface area contributed by atoms with Gasteiger partial charge in [0.2, 0.25) is 17.7 Å². The second-order valence-electron chi connectivity index (χ2n) is 14.0. The van der Waals surface area contributed by atoms with E-state index in [2.05, 4.69) is 34.6 Å². The number of aliphatic hydroxyl groups is 1. The first-order valence-corrected chi connectivity index (χ1v) is 14.7. The van der Waals surface area contributed by atoms with Gasteiger partial charge in [0.1, 0.15) is 11.6 Å². The summed E-state index contributed by atoms with van der Waals surface area (Å²) in [6.45, 7) is 17.2. The highest BCUT2D eigenvalue weighted by atomic mass is 16.5. The van der Waals surface area contributed by atoms with E-state index in [-0.39, 0.29) is 35.7 Å². The molecule has 0 aromatic heterocycles. The van der Waals surface area contributed by atoms with Crippen molar-refractivity contribution in [1.82, 2.24) is 14.7 Å². The summed E-state index contributed by atoms with van der Waals surface area (Å²) in [4.78, 5) is 48.5. The average molecular weight is 544 g/mol. The number of hydrogen-bond acceptors (Lipinski definition) is 5. The Morgan fingerprint density at radius 2 is 1.64 bits per heavy atom. The van der Waals surface area contributed by atoms with Crippen LogP contribution in [0.1, 0.15) is 74.7 Å². The third-order valence-electron chi connectivity index (χ3n) is 9.62. The molecular formula is C31H49N3O5. The van der Waals surface area contributed by atoms with Crippen LogP contribution in [0, 0.1) is 23.2 Å². The van der Waals surface area contributed by atoms with E-state index < -0.39 is 40.7 Å². The van der Waals surface area contributed by atoms with E-state index in [0.29, 0.717) is 19.5 Å². The standard InChI is InChI=1S/C31H49N3O5/c1-10-20(3)21(18-35)34-24-27(38)33(29(7,8)19-28(4,5)6)17-13-15-31(24)23(26(34)37)22-25(36)32(9)16-12-14-30(22,11-2)39-31/h12-15,20-24,35H,10-11,16-19H2,1-9H3/t20-,21-,22+,23-,24?,30-,31-/m0/s1. The van der Waals surface area contributed by atoms with Gasteiger partial charge >= 0.3 is 0 Å². The summed E-state index contributed by atoms with van der Waals surface area (Å²) in [6, 6.07) is -1.53. The van der Waals surface area contributed by atoms with Crippen LogP contribution in [0.15, 0.2) is 24.3 Å². The molecule has 4 aliphatic rings. The molecule has 0 aromatic carbocycles. The van der Waals surface area contributed by atoms with Crippen molar-refractivity contribution in [2.75, 3.05) is 26.7 Å². The lowest BCUT2D eigenvalue weighted by Crippen LogP contribution is -2.62. The van der Waals surface area contributed by atoms with Gasteiger partial charge in [-0.1, -0.05) is 72.3 Å². The second-order valence-corrected chi connectivity index (χ2v) is 14.0. The van der Waals surface area contributed by atoms with Crippen LogP contribution in [0.25, 0.3) is 0 Å². The van der Waals surface area contributed by atoms with Crippen LogP contribution in [0.5, 0.6) is 0 Å². The minimum atomic E-state index is -1.31. The van der Waals surface area contributed by atoms with Gasteiger partial charge in [-0.05, 0) is 38.0 Å². The summed E-state index contributed by atoms with van der Waals surface area (Å²) < 4.78 is 7.02. The predicted octanol–water partition coefficient (Wildman–Crippen LogP) is 3.40. The summed E-state index contributed by atoms with van der Waals surface area (Å²) >= 11 is 0. The van der Waals surface area contributed by atoms with Crippen molar-refractivity contribution in [2.45, 2.75) is 103 Å². The van der Waals surface area contributed by atoms with E-state index in [4.69, 9.17) is 4.74 Å². The summed E-state index contributed by atoms with van der Waals surface area (Å²) in [5, 5.41) is 10.6. The van der Waals surface area contributed by atoms with E-state index in [9.17, 15) is 19.5 Å². The molecule has 2 fully saturated rings. The van der Waals surface area contributed by atoms with Gasteiger partial charge in [0.05, 0.1) is 30.1 Å². The number of likely N-dealkylation sites (tertiary alicyclic amines) is 1. The topological polar surface area (TPSA) is 90.4 Å². The number of rotatable bonds is 7. The molecule has 0 saturated carbocycles. The van der Waals surface area contributed by atoms with Crippen LogP contribution in [-0.4, -0.2) is 93.1 Å². The Hall–Kier alpha value is -2.19. The summed E-state index contributed by atoms with van der Waals surface area (Å²) in [5.74, 6) is -2.26. The molecule has 39 heavy (non-hydrogen) atoms. The molecule has 2 saturated heterocycles. The fourth-order valence-electron chi connectivity index (χ4n) is 7.93. The highest BCUT2D eigenvalue weighted by Crippen LogP contribution is 2.59. The summed E-state index contributed by atoms with van der Waals surface area (Å²) in [5.41, 5.74) is -2.82. The molecule has 4 rings (SSSR count). The molecule has 0 radical (unpaired) electrons. The third kappa shape index (κ3) is 4.55. The number of carbonyl (C=O) groups excluding carboxylic acids is 3. The maximum absolute atomic E-state index is 14.8. The Morgan fingerprint density at radius 3 is 2.21 bits per heavy atom. The van der Waals surface area contributed by atoms with Gasteiger partial charge in [0.15, 0.2) is 0 Å². The number of nitrogens with zero attached hydrogens (tertiary/aromatic N) is 3. The monoisotopic (exact) mass is 543 g/mol. The molecule has 7 atom stereocenters. The van der Waals surface area contributed by atoms with Crippen molar-refractivity contribution in [1.29, 1.82) is 0 Å². The SMILES string of the molecule is CC[C@H](C)[C@H](CO)N1C(=O)[C@@H]2[C@@H]3C(=O)N(C)CC=C[C@]3(CC)O[C@@]23C=CCN(C(C)(C)CC(C)(C)C)C(=O)C13. The average Bonchev–Trinajstić information content (AvgIpc) is 3.14. The first-order valence-electron chi connectivity index (χ1n) is 14.7. The molecule has 1 spiro atoms. The van der Waals surface area contributed by atoms with Gasteiger partial charge in [-0.3, -0.25) is 14.4 Å². The minimum absolute atomic E-state index is 0.0271. The quantitative estimate of drug-likeness (QED) is 0.497. The van der Waals surface area contributed by atoms with E-state index in [0.717, 1.165) is 12.8 Å². The molecule has 8 nitrogen and oxygen atoms in total. The van der Waals surface area contributed by atoms with Gasteiger partial charge in [-0.25, -0.2) is 0 Å². The number of likely N-dealkylation sites (N-methyl/N-ethyl adjacent to an activating group) is 1. The first kappa shape index (κ1) is 29.8. The zero-order valence-corrected chi connectivity index (χ0v) is 25.4. The Morgan fingerprint density at radius 1 is 1.00 bits per heavy atom. The Balaban J connectivity index is 1.93. The van der Waals surface area contributed by atoms with Crippen LogP contribution in [0.4, 0.5) is 0 Å². The van der Waals surface area contributed by atoms with Gasteiger partial charge < -0.3 is 24.5 Å². The Kier molecular flexibility index (Phi) is 7.65. The van der Waals surface area contributed by atoms with Crippen molar-refractivity contribution in [3.05, 3.63) is 24.3 Å². The first-order chi connectivity index (χ1) is 18.1. The third-order valence-corrected chi connectivity index (χ3v) is 9.62. The molecule has 3 amide bonds. The predicted molar refractivity (Wildman–Crippen MR) is 151 cm³/mol. The molecule has 0 bridgehead atoms. The van der Waals surface area contributed by atoms with Crippen LogP contribution in [-0.2, 0) is 19.1 Å². The van der Waals surface area contributed by atoms with E-state index >= 15 is 0 Å². The Labute approximate surface area is 234 Å². The lowest BCUT2D eigenvalue weighted by Gasteiger charge is -2.46. The van der Waals surface area contributed by atoms with Crippen LogP contribution < -0.4 is 0 Å². The molecule has 4 aliphatic heterocycles. The maximum Gasteiger partial charge on any atom is 0.249 e. The number of aliphatic hydroxyl groups excluding tert-OH is 1. The summed E-state index contributed by atoms with van der Waals surface area (Å²) in [7, 11) is 1.75. The maximum atomic E-state index is 14.8. The highest BCUT2D eigenvalue weighted by Gasteiger charge is 2.76. The number of amides is 3. The van der Waals surface area contributed by atoms with Crippen LogP contribution in [0.2, 0.25) is 0 Å². The molecule has 218 valence electrons. The Bertz CT molecular complexity index is 1060. The van der Waals surface area contributed by atoms with Gasteiger partial charge in [0, 0.05) is 25.7 Å². The van der Waals surface area contributed by atoms with E-state index in [1.54, 1.807) is 16.8 Å². The lowest BCUT2D eigenvalue weighted by atomic mass is 9.73. The fourth-order valence-corrected chi connectivity index (χ4v) is 7.93. The van der Waals surface area contributed by atoms with Crippen molar-refractivity contribution in [3.8, 4) is 0 Å². The normalized spacial score (nSPS) is 34.6. The summed E-state index contributed by atoms with van der Waals surface area (Å²) in [6.07, 6.45) is 9.74. The second kappa shape index (κ2) is 10.0. The van der Waals surface area contributed by atoms with Crippen molar-refractivity contribution in [2.24, 2.45) is 23.2 Å². The highest BCUT2D eigenvalue weighted by molar-refractivity contribution is 6.00. The van der Waals surface area contributed by atoms with Crippen molar-refractivity contribution in [3.63, 3.8) is 0 Å². The van der Waals surface area contributed by atoms with Gasteiger partial charge in [-0.2, -0.15) is 0 Å². The molecule has 0 aliphatic carbocycles. The van der Waals surface area contributed by atoms with E-state index in [1.807, 2.05) is 50.0 Å². The molecule has 8 heteroatoms. The number of hydrogen-bond donors (Lipinski definition) is 1. The molecule has 4 heterocycles. The zero-order chi connectivity index (χ0) is 29.1. The van der Waals surface area contributed by atoms with Crippen LogP contribution >= 0.6 is 0 Å². The number of carbonyl (C=O) groups is 3. The number of fused-ring (bicyclic) bond motifs is 2. The van der Waals surface area contributed by atoms with Crippen molar-refractivity contribution >= 4 is 17.7 Å². The van der Waals surface area contributed by atoms with Gasteiger partial charge in [0.25, 0.3) is 0 Å². The molecule has 0 aromatic rings. The molecule has 1 unspecified atom stereocenters. The van der Waals surface area contributed by atoms with Crippen molar-refractivity contribution < 1.29 is 24.2 Å². The molecular weight excluding hydrogens is 494 g/mol. The fraction of sp³-hybridized carbons (Fsp3) is 0.774. The zero-order valence-electron chi connectivity index (χ0n) is 25.4. The van der Waals surface area contributed by atoms with Crippen LogP contribution in [0.3, 0.4) is 0 Å². The molecule has 1 N–H and O–H groups in total. The smallest absolute Gasteiger partial charge is 0.249 e. The lowest BCUT2D eigenvalue weighted by molar-refractivity contribution is -0.161. The van der Waals surface area contributed by atoms with E-state index in [1.165, 1.54) is 0 Å². The van der Waals surface area contributed by atoms with Gasteiger partial charge in [-0.15, -0.1) is 0 Å². The minimum Gasteiger partial charge on any atom is -0.394 e. The number of ether oxygens (including phenoxy) is 1. The largest absolute Gasteiger partial charge is 0.394 e.